The van der Waals surface area contributed by atoms with E-state index in [0.717, 1.165) is 62.3 Å². The van der Waals surface area contributed by atoms with Gasteiger partial charge < -0.3 is 61.3 Å². The summed E-state index contributed by atoms with van der Waals surface area (Å²) in [5, 5.41) is 113. The zero-order valence-electron chi connectivity index (χ0n) is 54.7. The zero-order chi connectivity index (χ0) is 71.5. The Morgan fingerprint density at radius 1 is 0.330 bits per heavy atom. The van der Waals surface area contributed by atoms with Gasteiger partial charge in [0.25, 0.3) is 0 Å². The molecule has 12 N–H and O–H groups in total. The van der Waals surface area contributed by atoms with E-state index in [1.54, 1.807) is 13.8 Å². The number of halogens is 2. The van der Waals surface area contributed by atoms with Gasteiger partial charge in [-0.3, -0.25) is 28.8 Å². The molecule has 0 saturated carbocycles. The van der Waals surface area contributed by atoms with Crippen molar-refractivity contribution >= 4 is 60.9 Å². The van der Waals surface area contributed by atoms with Crippen molar-refractivity contribution in [1.82, 2.24) is 0 Å². The standard InChI is InChI=1S/C18H24O3.C17H21ClO3.C17H22O3.C8H8O3.C7H5ClO3.C7H6O3/c1-12(2)6-5-7-13(3)8-9-15-17(20)10-14(4)16(11-19)18(15)21;1-11(2)5-4-6-12(3)7-8-14-16(20)13(10-19)9-15(18)17(14)21;1-12(2)5-4-6-13(3)7-9-15-16(19)10-8-14(11-18)17(15)20;1-5-2-6(10)3-8(11)7(5)4-9;8-5-1-4(3-9)6(10)2-7(5)11;8-4-5-1-2-6(9)3-7(5)10/h6,8,10-11,20-21H,5,7,9H2,1-4H3;5,7,9-10,20-21H,4,6,8H2,1-3H3;5,7-8,10-11,19-20H,4,6,9H2,1-3H3;2-4,10-11H,1H3;1-3,10-11H;1-4,9-10H/b13-8+;12-7+;13-7+;;;. The van der Waals surface area contributed by atoms with Gasteiger partial charge in [-0.2, -0.15) is 0 Å². The van der Waals surface area contributed by atoms with Crippen molar-refractivity contribution in [1.29, 1.82) is 0 Å². The van der Waals surface area contributed by atoms with Gasteiger partial charge in [-0.05, 0) is 194 Å². The maximum Gasteiger partial charge on any atom is 0.154 e. The molecule has 0 aliphatic heterocycles. The number of carbonyl (C=O) groups excluding carboxylic acids is 6. The van der Waals surface area contributed by atoms with Crippen LogP contribution in [0.15, 0.2) is 137 Å². The Morgan fingerprint density at radius 3 is 1.17 bits per heavy atom. The largest absolute Gasteiger partial charge is 0.508 e. The van der Waals surface area contributed by atoms with Crippen molar-refractivity contribution < 1.29 is 90.0 Å². The van der Waals surface area contributed by atoms with Crippen LogP contribution < -0.4 is 0 Å². The molecule has 6 rings (SSSR count). The first-order valence-corrected chi connectivity index (χ1v) is 30.1. The Kier molecular flexibility index (Phi) is 36.8. The number of hydrogen-bond acceptors (Lipinski definition) is 18. The van der Waals surface area contributed by atoms with E-state index < -0.39 is 0 Å². The van der Waals surface area contributed by atoms with Gasteiger partial charge in [0.2, 0.25) is 0 Å². The highest BCUT2D eigenvalue weighted by Gasteiger charge is 2.17. The Bertz CT molecular complexity index is 3760. The van der Waals surface area contributed by atoms with Crippen LogP contribution in [0.5, 0.6) is 69.0 Å². The smallest absolute Gasteiger partial charge is 0.154 e. The van der Waals surface area contributed by atoms with E-state index >= 15 is 0 Å². The van der Waals surface area contributed by atoms with Crippen LogP contribution in [0.4, 0.5) is 0 Å². The number of hydrogen-bond donors (Lipinski definition) is 12. The normalized spacial score (nSPS) is 10.7. The van der Waals surface area contributed by atoms with E-state index in [9.17, 15) is 59.4 Å². The number of phenols is 12. The van der Waals surface area contributed by atoms with Gasteiger partial charge >= 0.3 is 0 Å². The molecule has 0 aliphatic carbocycles. The van der Waals surface area contributed by atoms with Crippen LogP contribution in [0.1, 0.15) is 191 Å². The first kappa shape index (κ1) is 82.0. The lowest BCUT2D eigenvalue weighted by Gasteiger charge is -2.10. The molecule has 18 nitrogen and oxygen atoms in total. The second kappa shape index (κ2) is 42.2. The Morgan fingerprint density at radius 2 is 0.734 bits per heavy atom. The molecule has 0 spiro atoms. The second-order valence-corrected chi connectivity index (χ2v) is 23.1. The number of phenolic OH excluding ortho intramolecular Hbond substituents is 12. The van der Waals surface area contributed by atoms with Crippen LogP contribution in [0.25, 0.3) is 0 Å². The minimum atomic E-state index is -0.276. The number of rotatable bonds is 21. The molecular weight excluding hydrogens is 1250 g/mol. The molecule has 20 heteroatoms. The third kappa shape index (κ3) is 28.6. The average molecular weight is 1330 g/mol. The van der Waals surface area contributed by atoms with Crippen molar-refractivity contribution in [3.05, 3.63) is 208 Å². The van der Waals surface area contributed by atoms with Crippen molar-refractivity contribution in [2.24, 2.45) is 0 Å². The monoisotopic (exact) mass is 1330 g/mol. The minimum Gasteiger partial charge on any atom is -0.508 e. The van der Waals surface area contributed by atoms with Crippen LogP contribution in [0.2, 0.25) is 10.0 Å². The summed E-state index contributed by atoms with van der Waals surface area (Å²) in [5.41, 5.74) is 10.7. The van der Waals surface area contributed by atoms with E-state index in [1.807, 2.05) is 39.0 Å². The summed E-state index contributed by atoms with van der Waals surface area (Å²) in [6, 6.07) is 14.2. The quantitative estimate of drug-likeness (QED) is 0.0235. The van der Waals surface area contributed by atoms with Crippen molar-refractivity contribution in [3.63, 3.8) is 0 Å². The summed E-state index contributed by atoms with van der Waals surface area (Å²) in [6.07, 6.45) is 22.6. The van der Waals surface area contributed by atoms with Crippen molar-refractivity contribution in [3.8, 4) is 69.0 Å². The Hall–Kier alpha value is -10.0. The van der Waals surface area contributed by atoms with Crippen molar-refractivity contribution in [2.45, 2.75) is 134 Å². The first-order valence-electron chi connectivity index (χ1n) is 29.4. The lowest BCUT2D eigenvalue weighted by atomic mass is 9.99. The highest BCUT2D eigenvalue weighted by molar-refractivity contribution is 6.32. The summed E-state index contributed by atoms with van der Waals surface area (Å²) in [6.45, 7) is 21.8. The minimum absolute atomic E-state index is 0.0152. The number of aromatic hydroxyl groups is 12. The molecule has 0 unspecified atom stereocenters. The number of allylic oxidation sites excluding steroid dienone is 12. The molecular formula is C74H86Cl2O18. The molecule has 6 aromatic carbocycles. The van der Waals surface area contributed by atoms with E-state index in [1.165, 1.54) is 76.4 Å². The van der Waals surface area contributed by atoms with Gasteiger partial charge in [0.05, 0.1) is 43.4 Å². The van der Waals surface area contributed by atoms with Crippen LogP contribution in [-0.2, 0) is 19.3 Å². The molecule has 0 bridgehead atoms. The summed E-state index contributed by atoms with van der Waals surface area (Å²) in [4.78, 5) is 63.2. The van der Waals surface area contributed by atoms with Gasteiger partial charge in [-0.15, -0.1) is 0 Å². The fourth-order valence-electron chi connectivity index (χ4n) is 8.22. The van der Waals surface area contributed by atoms with Crippen LogP contribution in [0, 0.1) is 13.8 Å². The lowest BCUT2D eigenvalue weighted by molar-refractivity contribution is 0.111. The molecule has 0 fully saturated rings. The Labute approximate surface area is 559 Å². The van der Waals surface area contributed by atoms with Gasteiger partial charge in [0.1, 0.15) is 69.0 Å². The van der Waals surface area contributed by atoms with Crippen molar-refractivity contribution in [2.75, 3.05) is 0 Å². The van der Waals surface area contributed by atoms with Gasteiger partial charge in [-0.25, -0.2) is 0 Å². The molecule has 0 amide bonds. The number of benzene rings is 6. The molecule has 0 saturated heterocycles. The summed E-state index contributed by atoms with van der Waals surface area (Å²) >= 11 is 11.3. The van der Waals surface area contributed by atoms with Gasteiger partial charge in [0.15, 0.2) is 37.7 Å². The summed E-state index contributed by atoms with van der Waals surface area (Å²) < 4.78 is 0. The maximum absolute atomic E-state index is 11.0. The molecule has 0 atom stereocenters. The fourth-order valence-corrected chi connectivity index (χ4v) is 8.63. The van der Waals surface area contributed by atoms with Crippen LogP contribution >= 0.6 is 23.2 Å². The SMILES string of the molecule is CC(C)=CCC/C(C)=C/Cc1c(O)c(Cl)cc(C=O)c1O.CC(C)=CCC/C(C)=C/Cc1c(O)cc(C)c(C=O)c1O.CC(C)=CCC/C(C)=C/Cc1c(O)ccc(C=O)c1O.Cc1cc(O)cc(O)c1C=O.O=Cc1cc(Cl)c(O)cc1O.O=Cc1ccc(O)cc1O. The molecule has 6 aromatic rings. The van der Waals surface area contributed by atoms with Gasteiger partial charge in [-0.1, -0.05) is 93.1 Å². The molecule has 0 aliphatic rings. The highest BCUT2D eigenvalue weighted by atomic mass is 35.5. The summed E-state index contributed by atoms with van der Waals surface area (Å²) in [7, 11) is 0. The highest BCUT2D eigenvalue weighted by Crippen LogP contribution is 2.38. The predicted molar refractivity (Wildman–Crippen MR) is 369 cm³/mol. The molecule has 0 aromatic heterocycles. The van der Waals surface area contributed by atoms with Crippen LogP contribution in [0.3, 0.4) is 0 Å². The maximum atomic E-state index is 11.0. The van der Waals surface area contributed by atoms with E-state index in [4.69, 9.17) is 53.8 Å². The summed E-state index contributed by atoms with van der Waals surface area (Å²) in [5.74, 6) is -1.57. The number of carbonyl (C=O) groups is 6. The first-order chi connectivity index (χ1) is 44.2. The second-order valence-electron chi connectivity index (χ2n) is 22.3. The molecule has 504 valence electrons. The fraction of sp³-hybridized carbons (Fsp3) is 0.270. The average Bonchev–Trinajstić information content (AvgIpc) is 0.843. The van der Waals surface area contributed by atoms with Gasteiger partial charge in [0, 0.05) is 34.9 Å². The lowest BCUT2D eigenvalue weighted by Crippen LogP contribution is -1.94. The third-order valence-electron chi connectivity index (χ3n) is 13.7. The van der Waals surface area contributed by atoms with E-state index in [2.05, 4.69) is 59.8 Å². The molecule has 0 radical (unpaired) electrons. The number of aldehydes is 6. The zero-order valence-corrected chi connectivity index (χ0v) is 56.2. The van der Waals surface area contributed by atoms with Crippen LogP contribution in [-0.4, -0.2) is 99.0 Å². The molecule has 0 heterocycles. The predicted octanol–water partition coefficient (Wildman–Crippen LogP) is 17.1. The third-order valence-corrected chi connectivity index (χ3v) is 14.3. The van der Waals surface area contributed by atoms with E-state index in [0.29, 0.717) is 79.2 Å². The topological polar surface area (TPSA) is 345 Å². The number of aryl methyl sites for hydroxylation is 2. The van der Waals surface area contributed by atoms with E-state index in [-0.39, 0.29) is 118 Å². The molecule has 94 heavy (non-hydrogen) atoms. The Balaban J connectivity index is 0.000000578.